The van der Waals surface area contributed by atoms with Crippen molar-refractivity contribution in [1.82, 2.24) is 20.6 Å². The van der Waals surface area contributed by atoms with Gasteiger partial charge < -0.3 is 0 Å². The van der Waals surface area contributed by atoms with E-state index in [1.165, 1.54) is 0 Å². The molecule has 0 unspecified atom stereocenters. The average molecular weight is 128 g/mol. The highest BCUT2D eigenvalue weighted by molar-refractivity contribution is 4.83. The van der Waals surface area contributed by atoms with Crippen molar-refractivity contribution in [3.8, 4) is 0 Å². The number of H-pyrrole nitrogens is 1. The summed E-state index contributed by atoms with van der Waals surface area (Å²) in [5.74, 6) is 1.14. The molecular formula is C5H12N4. The Morgan fingerprint density at radius 1 is 1.44 bits per heavy atom. The molecule has 0 atom stereocenters. The molecule has 1 N–H and O–H groups in total. The third-order valence-electron chi connectivity index (χ3n) is 0.878. The van der Waals surface area contributed by atoms with E-state index in [2.05, 4.69) is 20.6 Å². The first-order chi connectivity index (χ1) is 3.80. The maximum atomic E-state index is 3.77. The van der Waals surface area contributed by atoms with Gasteiger partial charge in [0.1, 0.15) is 0 Å². The Labute approximate surface area is 54.7 Å². The van der Waals surface area contributed by atoms with E-state index in [1.54, 1.807) is 0 Å². The predicted molar refractivity (Wildman–Crippen MR) is 35.0 cm³/mol. The Kier molecular flexibility index (Phi) is 2.84. The average Bonchev–Trinajstić information content (AvgIpc) is 2.12. The largest absolute Gasteiger partial charge is 0.177 e. The van der Waals surface area contributed by atoms with E-state index < -0.39 is 0 Å². The number of aromatic amines is 1. The molecule has 0 saturated carbocycles. The SMILES string of the molecule is C.CC(C)c1nn[nH]n1. The van der Waals surface area contributed by atoms with Gasteiger partial charge in [-0.1, -0.05) is 26.5 Å². The number of aromatic nitrogens is 4. The van der Waals surface area contributed by atoms with Crippen LogP contribution in [0.5, 0.6) is 0 Å². The predicted octanol–water partition coefficient (Wildman–Crippen LogP) is 0.959. The van der Waals surface area contributed by atoms with E-state index in [-0.39, 0.29) is 7.43 Å². The first-order valence-electron chi connectivity index (χ1n) is 2.54. The summed E-state index contributed by atoms with van der Waals surface area (Å²) in [6, 6.07) is 0. The Morgan fingerprint density at radius 3 is 2.33 bits per heavy atom. The summed E-state index contributed by atoms with van der Waals surface area (Å²) in [5.41, 5.74) is 0. The van der Waals surface area contributed by atoms with Gasteiger partial charge in [-0.25, -0.2) is 0 Å². The minimum atomic E-state index is 0. The summed E-state index contributed by atoms with van der Waals surface area (Å²) < 4.78 is 0. The summed E-state index contributed by atoms with van der Waals surface area (Å²) in [5, 5.41) is 13.3. The monoisotopic (exact) mass is 128 g/mol. The zero-order chi connectivity index (χ0) is 5.98. The molecule has 0 fully saturated rings. The van der Waals surface area contributed by atoms with Crippen LogP contribution in [0.25, 0.3) is 0 Å². The van der Waals surface area contributed by atoms with Gasteiger partial charge in [0.2, 0.25) is 0 Å². The van der Waals surface area contributed by atoms with Crippen molar-refractivity contribution >= 4 is 0 Å². The zero-order valence-electron chi connectivity index (χ0n) is 4.92. The maximum Gasteiger partial charge on any atom is 0.177 e. The van der Waals surface area contributed by atoms with Gasteiger partial charge in [-0.05, 0) is 0 Å². The fraction of sp³-hybridized carbons (Fsp3) is 0.800. The lowest BCUT2D eigenvalue weighted by Gasteiger charge is -1.90. The normalized spacial score (nSPS) is 9.22. The number of nitrogens with zero attached hydrogens (tertiary/aromatic N) is 3. The van der Waals surface area contributed by atoms with Gasteiger partial charge in [0.05, 0.1) is 0 Å². The molecule has 0 saturated heterocycles. The number of hydrogen-bond donors (Lipinski definition) is 1. The van der Waals surface area contributed by atoms with Gasteiger partial charge >= 0.3 is 0 Å². The molecular weight excluding hydrogens is 116 g/mol. The molecule has 4 nitrogen and oxygen atoms in total. The van der Waals surface area contributed by atoms with Crippen molar-refractivity contribution in [3.63, 3.8) is 0 Å². The van der Waals surface area contributed by atoms with Crippen molar-refractivity contribution in [3.05, 3.63) is 5.82 Å². The summed E-state index contributed by atoms with van der Waals surface area (Å²) in [4.78, 5) is 0. The lowest BCUT2D eigenvalue weighted by Crippen LogP contribution is -1.88. The standard InChI is InChI=1S/C4H8N4.CH4/c1-3(2)4-5-7-8-6-4;/h3H,1-2H3,(H,5,6,7,8);1H4. The van der Waals surface area contributed by atoms with E-state index in [9.17, 15) is 0 Å². The van der Waals surface area contributed by atoms with Gasteiger partial charge in [0.25, 0.3) is 0 Å². The van der Waals surface area contributed by atoms with Gasteiger partial charge in [0, 0.05) is 5.92 Å². The van der Waals surface area contributed by atoms with Crippen molar-refractivity contribution in [2.24, 2.45) is 0 Å². The first kappa shape index (κ1) is 8.07. The van der Waals surface area contributed by atoms with Crippen molar-refractivity contribution < 1.29 is 0 Å². The molecule has 0 bridgehead atoms. The van der Waals surface area contributed by atoms with Gasteiger partial charge in [-0.15, -0.1) is 10.2 Å². The number of tetrazole rings is 1. The molecule has 0 aliphatic heterocycles. The molecule has 1 rings (SSSR count). The molecule has 1 heterocycles. The second kappa shape index (κ2) is 3.17. The van der Waals surface area contributed by atoms with Crippen LogP contribution in [-0.2, 0) is 0 Å². The lowest BCUT2D eigenvalue weighted by atomic mass is 10.2. The van der Waals surface area contributed by atoms with Crippen LogP contribution >= 0.6 is 0 Å². The Morgan fingerprint density at radius 2 is 2.11 bits per heavy atom. The topological polar surface area (TPSA) is 54.5 Å². The smallest absolute Gasteiger partial charge is 0.177 e. The van der Waals surface area contributed by atoms with E-state index >= 15 is 0 Å². The summed E-state index contributed by atoms with van der Waals surface area (Å²) in [6.45, 7) is 4.04. The maximum absolute atomic E-state index is 3.77. The molecule has 4 heteroatoms. The molecule has 0 spiro atoms. The van der Waals surface area contributed by atoms with E-state index in [0.717, 1.165) is 5.82 Å². The van der Waals surface area contributed by atoms with Crippen molar-refractivity contribution in [2.45, 2.75) is 27.2 Å². The quantitative estimate of drug-likeness (QED) is 0.612. The second-order valence-electron chi connectivity index (χ2n) is 1.92. The van der Waals surface area contributed by atoms with E-state index in [1.807, 2.05) is 13.8 Å². The van der Waals surface area contributed by atoms with Gasteiger partial charge in [-0.3, -0.25) is 0 Å². The van der Waals surface area contributed by atoms with Crippen LogP contribution in [0.2, 0.25) is 0 Å². The molecule has 0 amide bonds. The Balaban J connectivity index is 0.000000640. The molecule has 0 aromatic carbocycles. The highest BCUT2D eigenvalue weighted by Gasteiger charge is 2.00. The third-order valence-corrected chi connectivity index (χ3v) is 0.878. The lowest BCUT2D eigenvalue weighted by molar-refractivity contribution is 0.778. The molecule has 1 aromatic heterocycles. The van der Waals surface area contributed by atoms with Crippen LogP contribution in [0.3, 0.4) is 0 Å². The second-order valence-corrected chi connectivity index (χ2v) is 1.92. The number of rotatable bonds is 1. The van der Waals surface area contributed by atoms with Crippen LogP contribution in [0, 0.1) is 0 Å². The summed E-state index contributed by atoms with van der Waals surface area (Å²) in [7, 11) is 0. The molecule has 0 aliphatic rings. The van der Waals surface area contributed by atoms with Crippen LogP contribution in [0.1, 0.15) is 33.0 Å². The van der Waals surface area contributed by atoms with Gasteiger partial charge in [-0.2, -0.15) is 5.21 Å². The summed E-state index contributed by atoms with van der Waals surface area (Å²) >= 11 is 0. The van der Waals surface area contributed by atoms with E-state index in [0.29, 0.717) is 5.92 Å². The number of hydrogen-bond acceptors (Lipinski definition) is 3. The fourth-order valence-corrected chi connectivity index (χ4v) is 0.414. The van der Waals surface area contributed by atoms with Crippen LogP contribution in [0.15, 0.2) is 0 Å². The van der Waals surface area contributed by atoms with Gasteiger partial charge in [0.15, 0.2) is 5.82 Å². The number of nitrogens with one attached hydrogen (secondary N) is 1. The minimum absolute atomic E-state index is 0. The van der Waals surface area contributed by atoms with Crippen LogP contribution in [0.4, 0.5) is 0 Å². The fourth-order valence-electron chi connectivity index (χ4n) is 0.414. The third kappa shape index (κ3) is 1.79. The minimum Gasteiger partial charge on any atom is -0.177 e. The highest BCUT2D eigenvalue weighted by atomic mass is 15.5. The van der Waals surface area contributed by atoms with Crippen LogP contribution in [-0.4, -0.2) is 20.6 Å². The molecule has 0 aliphatic carbocycles. The molecule has 1 aromatic rings. The summed E-state index contributed by atoms with van der Waals surface area (Å²) in [6.07, 6.45) is 0. The molecule has 9 heavy (non-hydrogen) atoms. The van der Waals surface area contributed by atoms with E-state index in [4.69, 9.17) is 0 Å². The highest BCUT2D eigenvalue weighted by Crippen LogP contribution is 2.03. The first-order valence-corrected chi connectivity index (χ1v) is 2.54. The zero-order valence-corrected chi connectivity index (χ0v) is 4.92. The van der Waals surface area contributed by atoms with Crippen LogP contribution < -0.4 is 0 Å². The van der Waals surface area contributed by atoms with Crippen molar-refractivity contribution in [1.29, 1.82) is 0 Å². The Hall–Kier alpha value is -0.930. The Bertz CT molecular complexity index is 144. The molecule has 0 radical (unpaired) electrons. The molecule has 52 valence electrons. The van der Waals surface area contributed by atoms with Crippen molar-refractivity contribution in [2.75, 3.05) is 0 Å².